The lowest BCUT2D eigenvalue weighted by atomic mass is 10.0. The van der Waals surface area contributed by atoms with Gasteiger partial charge >= 0.3 is 0 Å². The summed E-state index contributed by atoms with van der Waals surface area (Å²) in [5, 5.41) is 3.24. The number of halogens is 2. The molecule has 0 bridgehead atoms. The third kappa shape index (κ3) is 5.24. The fourth-order valence-electron chi connectivity index (χ4n) is 2.66. The maximum Gasteiger partial charge on any atom is 0.224 e. The Morgan fingerprint density at radius 1 is 1.19 bits per heavy atom. The Balaban J connectivity index is 2.39. The second-order valence-corrected chi connectivity index (χ2v) is 8.63. The Labute approximate surface area is 172 Å². The number of amides is 1. The summed E-state index contributed by atoms with van der Waals surface area (Å²) >= 11 is 12.7. The molecule has 0 radical (unpaired) electrons. The number of hydrogen-bond donors (Lipinski definition) is 1. The van der Waals surface area contributed by atoms with Gasteiger partial charge in [0.1, 0.15) is 5.75 Å². The van der Waals surface area contributed by atoms with Gasteiger partial charge in [-0.05, 0) is 48.2 Å². The molecule has 1 unspecified atom stereocenters. The lowest BCUT2D eigenvalue weighted by Crippen LogP contribution is -2.11. The molecule has 27 heavy (non-hydrogen) atoms. The number of hydrogen-bond acceptors (Lipinski definition) is 3. The Hall–Kier alpha value is -1.56. The Kier molecular flexibility index (Phi) is 7.71. The van der Waals surface area contributed by atoms with Crippen molar-refractivity contribution in [2.45, 2.75) is 49.3 Å². The fourth-order valence-corrected chi connectivity index (χ4v) is 4.70. The van der Waals surface area contributed by atoms with E-state index in [0.29, 0.717) is 21.9 Å². The van der Waals surface area contributed by atoms with Crippen molar-refractivity contribution in [3.05, 3.63) is 45.9 Å². The van der Waals surface area contributed by atoms with Crippen LogP contribution in [0.5, 0.6) is 5.75 Å². The summed E-state index contributed by atoms with van der Waals surface area (Å²) in [6.07, 6.45) is 1.15. The van der Waals surface area contributed by atoms with Crippen molar-refractivity contribution in [3.8, 4) is 5.75 Å². The van der Waals surface area contributed by atoms with Crippen molar-refractivity contribution >= 4 is 45.6 Å². The van der Waals surface area contributed by atoms with Gasteiger partial charge in [-0.25, -0.2) is 4.21 Å². The third-order valence-corrected chi connectivity index (χ3v) is 6.29. The summed E-state index contributed by atoms with van der Waals surface area (Å²) in [4.78, 5) is 12.7. The van der Waals surface area contributed by atoms with Crippen molar-refractivity contribution in [1.29, 1.82) is 0 Å². The van der Waals surface area contributed by atoms with E-state index in [4.69, 9.17) is 27.9 Å². The summed E-state index contributed by atoms with van der Waals surface area (Å²) in [5.41, 5.74) is 1.45. The molecule has 0 saturated carbocycles. The number of benzene rings is 2. The van der Waals surface area contributed by atoms with Crippen molar-refractivity contribution in [1.82, 2.24) is 0 Å². The number of rotatable bonds is 7. The van der Waals surface area contributed by atoms with E-state index < -0.39 is 10.8 Å². The second kappa shape index (κ2) is 9.58. The van der Waals surface area contributed by atoms with Crippen LogP contribution in [0, 0.1) is 0 Å². The zero-order valence-corrected chi connectivity index (χ0v) is 18.1. The van der Waals surface area contributed by atoms with Crippen molar-refractivity contribution in [3.63, 3.8) is 0 Å². The predicted octanol–water partition coefficient (Wildman–Crippen LogP) is 6.03. The number of nitrogens with one attached hydrogen (secondary N) is 1. The van der Waals surface area contributed by atoms with Crippen LogP contribution in [0.4, 0.5) is 5.69 Å². The molecule has 2 aromatic rings. The predicted molar refractivity (Wildman–Crippen MR) is 112 cm³/mol. The summed E-state index contributed by atoms with van der Waals surface area (Å²) < 4.78 is 18.5. The quantitative estimate of drug-likeness (QED) is 0.586. The summed E-state index contributed by atoms with van der Waals surface area (Å²) in [6.45, 7) is 6.00. The van der Waals surface area contributed by atoms with E-state index in [2.05, 4.69) is 5.32 Å². The molecule has 0 heterocycles. The van der Waals surface area contributed by atoms with Gasteiger partial charge in [-0.15, -0.1) is 0 Å². The maximum absolute atomic E-state index is 13.1. The standard InChI is InChI=1S/C20H23Cl2NO3S/c1-5-6-19(24)23-13-9-16(21)20(17(22)10-13)27(25)14-7-8-18(26-4)15(11-14)12(2)3/h7-12H,5-6H2,1-4H3,(H,23,24). The highest BCUT2D eigenvalue weighted by atomic mass is 35.5. The van der Waals surface area contributed by atoms with Gasteiger partial charge in [-0.1, -0.05) is 44.0 Å². The maximum atomic E-state index is 13.1. The van der Waals surface area contributed by atoms with Crippen LogP contribution in [-0.4, -0.2) is 17.2 Å². The Bertz CT molecular complexity index is 845. The van der Waals surface area contributed by atoms with E-state index in [9.17, 15) is 9.00 Å². The van der Waals surface area contributed by atoms with Crippen LogP contribution in [-0.2, 0) is 15.6 Å². The Morgan fingerprint density at radius 3 is 2.33 bits per heavy atom. The first-order chi connectivity index (χ1) is 12.8. The molecule has 0 aliphatic rings. The molecular formula is C20H23Cl2NO3S. The molecule has 2 rings (SSSR count). The highest BCUT2D eigenvalue weighted by Crippen LogP contribution is 2.36. The minimum absolute atomic E-state index is 0.116. The van der Waals surface area contributed by atoms with Gasteiger partial charge in [0.25, 0.3) is 0 Å². The first-order valence-electron chi connectivity index (χ1n) is 8.67. The van der Waals surface area contributed by atoms with Gasteiger partial charge < -0.3 is 10.1 Å². The molecule has 0 saturated heterocycles. The number of ether oxygens (including phenoxy) is 1. The fraction of sp³-hybridized carbons (Fsp3) is 0.350. The van der Waals surface area contributed by atoms with E-state index in [-0.39, 0.29) is 21.9 Å². The molecule has 0 fully saturated rings. The van der Waals surface area contributed by atoms with E-state index >= 15 is 0 Å². The van der Waals surface area contributed by atoms with Gasteiger partial charge in [0, 0.05) is 17.0 Å². The number of carbonyl (C=O) groups excluding carboxylic acids is 1. The zero-order valence-electron chi connectivity index (χ0n) is 15.8. The first-order valence-corrected chi connectivity index (χ1v) is 10.6. The zero-order chi connectivity index (χ0) is 20.1. The van der Waals surface area contributed by atoms with Crippen molar-refractivity contribution in [2.24, 2.45) is 0 Å². The van der Waals surface area contributed by atoms with E-state index in [1.54, 1.807) is 31.4 Å². The molecule has 0 aliphatic carbocycles. The molecule has 1 N–H and O–H groups in total. The molecule has 0 spiro atoms. The topological polar surface area (TPSA) is 55.4 Å². The lowest BCUT2D eigenvalue weighted by molar-refractivity contribution is -0.116. The van der Waals surface area contributed by atoms with Gasteiger partial charge in [0.2, 0.25) is 5.91 Å². The molecule has 2 aromatic carbocycles. The minimum Gasteiger partial charge on any atom is -0.496 e. The van der Waals surface area contributed by atoms with Crippen LogP contribution in [0.1, 0.15) is 45.1 Å². The second-order valence-electron chi connectivity index (χ2n) is 6.39. The van der Waals surface area contributed by atoms with Crippen LogP contribution in [0.2, 0.25) is 10.0 Å². The average molecular weight is 428 g/mol. The average Bonchev–Trinajstić information content (AvgIpc) is 2.60. The monoisotopic (exact) mass is 427 g/mol. The van der Waals surface area contributed by atoms with Crippen LogP contribution >= 0.6 is 23.2 Å². The van der Waals surface area contributed by atoms with Crippen LogP contribution in [0.25, 0.3) is 0 Å². The van der Waals surface area contributed by atoms with Crippen molar-refractivity contribution < 1.29 is 13.7 Å². The van der Waals surface area contributed by atoms with Crippen molar-refractivity contribution in [2.75, 3.05) is 12.4 Å². The van der Waals surface area contributed by atoms with Gasteiger partial charge in [0.05, 0.1) is 32.9 Å². The molecule has 0 aliphatic heterocycles. The van der Waals surface area contributed by atoms with Gasteiger partial charge in [-0.2, -0.15) is 0 Å². The minimum atomic E-state index is -1.56. The highest BCUT2D eigenvalue weighted by molar-refractivity contribution is 7.85. The summed E-state index contributed by atoms with van der Waals surface area (Å²) in [7, 11) is 0.0448. The van der Waals surface area contributed by atoms with E-state index in [1.165, 1.54) is 0 Å². The SMILES string of the molecule is CCCC(=O)Nc1cc(Cl)c(S(=O)c2ccc(OC)c(C(C)C)c2)c(Cl)c1. The van der Waals surface area contributed by atoms with Crippen LogP contribution < -0.4 is 10.1 Å². The van der Waals surface area contributed by atoms with Gasteiger partial charge in [0.15, 0.2) is 0 Å². The van der Waals surface area contributed by atoms with Crippen LogP contribution in [0.3, 0.4) is 0 Å². The molecule has 1 atom stereocenters. The molecule has 0 aromatic heterocycles. The number of anilines is 1. The lowest BCUT2D eigenvalue weighted by Gasteiger charge is -2.15. The molecule has 4 nitrogen and oxygen atoms in total. The third-order valence-electron chi connectivity index (χ3n) is 3.98. The highest BCUT2D eigenvalue weighted by Gasteiger charge is 2.19. The number of carbonyl (C=O) groups is 1. The number of methoxy groups -OCH3 is 1. The first kappa shape index (κ1) is 21.7. The van der Waals surface area contributed by atoms with E-state index in [0.717, 1.165) is 17.7 Å². The molecular weight excluding hydrogens is 405 g/mol. The molecule has 7 heteroatoms. The Morgan fingerprint density at radius 2 is 1.81 bits per heavy atom. The molecule has 1 amide bonds. The molecule has 146 valence electrons. The van der Waals surface area contributed by atoms with Gasteiger partial charge in [-0.3, -0.25) is 4.79 Å². The summed E-state index contributed by atoms with van der Waals surface area (Å²) in [5.74, 6) is 0.839. The summed E-state index contributed by atoms with van der Waals surface area (Å²) in [6, 6.07) is 8.53. The normalized spacial score (nSPS) is 12.1. The van der Waals surface area contributed by atoms with E-state index in [1.807, 2.05) is 26.8 Å². The largest absolute Gasteiger partial charge is 0.496 e. The van der Waals surface area contributed by atoms with Crippen LogP contribution in [0.15, 0.2) is 40.1 Å². The smallest absolute Gasteiger partial charge is 0.224 e.